The lowest BCUT2D eigenvalue weighted by atomic mass is 10.4. The van der Waals surface area contributed by atoms with Crippen molar-refractivity contribution in [3.8, 4) is 0 Å². The third-order valence-electron chi connectivity index (χ3n) is 2.80. The molecule has 1 aliphatic carbocycles. The van der Waals surface area contributed by atoms with E-state index >= 15 is 0 Å². The van der Waals surface area contributed by atoms with Gasteiger partial charge in [-0.1, -0.05) is 6.92 Å². The molecule has 5 nitrogen and oxygen atoms in total. The molecule has 94 valence electrons. The number of nitrogens with zero attached hydrogens (tertiary/aromatic N) is 3. The third-order valence-corrected chi connectivity index (χ3v) is 2.80. The Bertz CT molecular complexity index is 354. The van der Waals surface area contributed by atoms with E-state index in [4.69, 9.17) is 5.11 Å². The molecule has 0 atom stereocenters. The summed E-state index contributed by atoms with van der Waals surface area (Å²) in [5.41, 5.74) is 0. The second-order valence-electron chi connectivity index (χ2n) is 4.34. The second kappa shape index (κ2) is 5.82. The summed E-state index contributed by atoms with van der Waals surface area (Å²) < 4.78 is 0. The number of aliphatic hydroxyl groups excluding tert-OH is 1. The molecule has 2 N–H and O–H groups in total. The summed E-state index contributed by atoms with van der Waals surface area (Å²) in [4.78, 5) is 10.9. The second-order valence-corrected chi connectivity index (χ2v) is 4.34. The molecule has 0 saturated heterocycles. The molecule has 0 aromatic carbocycles. The first-order valence-electron chi connectivity index (χ1n) is 6.28. The average molecular weight is 236 g/mol. The first-order chi connectivity index (χ1) is 8.35. The molecule has 1 saturated carbocycles. The molecule has 1 aliphatic rings. The molecular weight excluding hydrogens is 216 g/mol. The van der Waals surface area contributed by atoms with E-state index in [0.717, 1.165) is 24.6 Å². The number of anilines is 2. The van der Waals surface area contributed by atoms with Crippen LogP contribution in [-0.4, -0.2) is 40.8 Å². The molecule has 0 radical (unpaired) electrons. The van der Waals surface area contributed by atoms with Crippen molar-refractivity contribution in [3.63, 3.8) is 0 Å². The summed E-state index contributed by atoms with van der Waals surface area (Å²) in [5, 5.41) is 12.3. The third kappa shape index (κ3) is 3.30. The average Bonchev–Trinajstić information content (AvgIpc) is 3.18. The van der Waals surface area contributed by atoms with Crippen LogP contribution in [0.5, 0.6) is 0 Å². The molecule has 5 heteroatoms. The molecule has 0 aliphatic heterocycles. The van der Waals surface area contributed by atoms with Gasteiger partial charge in [0.05, 0.1) is 19.0 Å². The van der Waals surface area contributed by atoms with Crippen LogP contribution >= 0.6 is 0 Å². The summed E-state index contributed by atoms with van der Waals surface area (Å²) in [5.74, 6) is 1.68. The quantitative estimate of drug-likeness (QED) is 0.746. The Morgan fingerprint density at radius 2 is 2.29 bits per heavy atom. The molecule has 17 heavy (non-hydrogen) atoms. The van der Waals surface area contributed by atoms with Crippen molar-refractivity contribution in [2.45, 2.75) is 32.2 Å². The molecule has 2 rings (SSSR count). The van der Waals surface area contributed by atoms with Gasteiger partial charge in [0.15, 0.2) is 0 Å². The SMILES string of the molecule is CCCNc1cncc(N(CCO)C2CC2)n1. The zero-order valence-electron chi connectivity index (χ0n) is 10.3. The molecule has 1 heterocycles. The Kier molecular flexibility index (Phi) is 4.14. The van der Waals surface area contributed by atoms with Crippen LogP contribution in [0.4, 0.5) is 11.6 Å². The van der Waals surface area contributed by atoms with Gasteiger partial charge < -0.3 is 15.3 Å². The monoisotopic (exact) mass is 236 g/mol. The first-order valence-corrected chi connectivity index (χ1v) is 6.28. The molecule has 1 aromatic heterocycles. The van der Waals surface area contributed by atoms with Crippen molar-refractivity contribution >= 4 is 11.6 Å². The fraction of sp³-hybridized carbons (Fsp3) is 0.667. The fourth-order valence-corrected chi connectivity index (χ4v) is 1.81. The van der Waals surface area contributed by atoms with E-state index in [1.54, 1.807) is 12.4 Å². The summed E-state index contributed by atoms with van der Waals surface area (Å²) in [6, 6.07) is 0.540. The van der Waals surface area contributed by atoms with Crippen molar-refractivity contribution in [1.29, 1.82) is 0 Å². The largest absolute Gasteiger partial charge is 0.395 e. The van der Waals surface area contributed by atoms with Crippen LogP contribution in [0.3, 0.4) is 0 Å². The van der Waals surface area contributed by atoms with Gasteiger partial charge in [-0.05, 0) is 19.3 Å². The summed E-state index contributed by atoms with van der Waals surface area (Å²) in [6.45, 7) is 3.81. The zero-order valence-corrected chi connectivity index (χ0v) is 10.3. The van der Waals surface area contributed by atoms with E-state index < -0.39 is 0 Å². The fourth-order valence-electron chi connectivity index (χ4n) is 1.81. The van der Waals surface area contributed by atoms with Crippen molar-refractivity contribution < 1.29 is 5.11 Å². The Labute approximate surface area is 102 Å². The number of aliphatic hydroxyl groups is 1. The topological polar surface area (TPSA) is 61.3 Å². The maximum atomic E-state index is 9.08. The Balaban J connectivity index is 2.07. The number of hydrogen-bond acceptors (Lipinski definition) is 5. The van der Waals surface area contributed by atoms with Crippen LogP contribution in [-0.2, 0) is 0 Å². The van der Waals surface area contributed by atoms with E-state index in [0.29, 0.717) is 12.6 Å². The Morgan fingerprint density at radius 1 is 1.47 bits per heavy atom. The lowest BCUT2D eigenvalue weighted by Gasteiger charge is -2.22. The van der Waals surface area contributed by atoms with Gasteiger partial charge in [0.1, 0.15) is 11.6 Å². The smallest absolute Gasteiger partial charge is 0.149 e. The minimum Gasteiger partial charge on any atom is -0.395 e. The lowest BCUT2D eigenvalue weighted by Crippen LogP contribution is -2.30. The standard InChI is InChI=1S/C12H20N4O/c1-2-5-14-11-8-13-9-12(15-11)16(6-7-17)10-3-4-10/h8-10,17H,2-7H2,1H3,(H,14,15). The van der Waals surface area contributed by atoms with Crippen LogP contribution in [0.25, 0.3) is 0 Å². The Hall–Kier alpha value is -1.36. The van der Waals surface area contributed by atoms with Gasteiger partial charge in [-0.15, -0.1) is 0 Å². The normalized spacial score (nSPS) is 14.7. The van der Waals surface area contributed by atoms with Crippen molar-refractivity contribution in [2.75, 3.05) is 29.9 Å². The maximum absolute atomic E-state index is 9.08. The molecular formula is C12H20N4O. The summed E-state index contributed by atoms with van der Waals surface area (Å²) in [7, 11) is 0. The van der Waals surface area contributed by atoms with E-state index in [2.05, 4.69) is 27.1 Å². The van der Waals surface area contributed by atoms with E-state index in [9.17, 15) is 0 Å². The first kappa shape index (κ1) is 12.1. The zero-order chi connectivity index (χ0) is 12.1. The number of nitrogens with one attached hydrogen (secondary N) is 1. The van der Waals surface area contributed by atoms with Crippen molar-refractivity contribution in [2.24, 2.45) is 0 Å². The Morgan fingerprint density at radius 3 is 2.94 bits per heavy atom. The maximum Gasteiger partial charge on any atom is 0.149 e. The molecule has 0 spiro atoms. The predicted octanol–water partition coefficient (Wildman–Crippen LogP) is 1.26. The van der Waals surface area contributed by atoms with Crippen LogP contribution in [0.2, 0.25) is 0 Å². The molecule has 1 aromatic rings. The molecule has 0 bridgehead atoms. The van der Waals surface area contributed by atoms with Crippen molar-refractivity contribution in [3.05, 3.63) is 12.4 Å². The predicted molar refractivity (Wildman–Crippen MR) is 68.3 cm³/mol. The summed E-state index contributed by atoms with van der Waals surface area (Å²) >= 11 is 0. The van der Waals surface area contributed by atoms with Gasteiger partial charge in [0.25, 0.3) is 0 Å². The highest BCUT2D eigenvalue weighted by molar-refractivity contribution is 5.45. The van der Waals surface area contributed by atoms with Gasteiger partial charge in [0, 0.05) is 19.1 Å². The van der Waals surface area contributed by atoms with Gasteiger partial charge in [-0.2, -0.15) is 0 Å². The van der Waals surface area contributed by atoms with Gasteiger partial charge >= 0.3 is 0 Å². The number of hydrogen-bond donors (Lipinski definition) is 2. The van der Waals surface area contributed by atoms with Crippen LogP contribution in [0, 0.1) is 0 Å². The highest BCUT2D eigenvalue weighted by Crippen LogP contribution is 2.30. The highest BCUT2D eigenvalue weighted by Gasteiger charge is 2.29. The summed E-state index contributed by atoms with van der Waals surface area (Å²) in [6.07, 6.45) is 6.95. The lowest BCUT2D eigenvalue weighted by molar-refractivity contribution is 0.301. The molecule has 0 unspecified atom stereocenters. The highest BCUT2D eigenvalue weighted by atomic mass is 16.3. The molecule has 0 amide bonds. The van der Waals surface area contributed by atoms with Crippen LogP contribution in [0.15, 0.2) is 12.4 Å². The number of aromatic nitrogens is 2. The minimum absolute atomic E-state index is 0.158. The van der Waals surface area contributed by atoms with E-state index in [1.807, 2.05) is 0 Å². The van der Waals surface area contributed by atoms with Crippen LogP contribution in [0.1, 0.15) is 26.2 Å². The minimum atomic E-state index is 0.158. The van der Waals surface area contributed by atoms with Gasteiger partial charge in [-0.3, -0.25) is 4.98 Å². The van der Waals surface area contributed by atoms with E-state index in [-0.39, 0.29) is 6.61 Å². The van der Waals surface area contributed by atoms with Crippen molar-refractivity contribution in [1.82, 2.24) is 9.97 Å². The van der Waals surface area contributed by atoms with Crippen LogP contribution < -0.4 is 10.2 Å². The number of rotatable bonds is 7. The van der Waals surface area contributed by atoms with E-state index in [1.165, 1.54) is 12.8 Å². The molecule has 1 fully saturated rings. The van der Waals surface area contributed by atoms with Gasteiger partial charge in [-0.25, -0.2) is 4.98 Å². The van der Waals surface area contributed by atoms with Gasteiger partial charge in [0.2, 0.25) is 0 Å².